The fourth-order valence-electron chi connectivity index (χ4n) is 3.90. The van der Waals surface area contributed by atoms with Crippen LogP contribution in [0.25, 0.3) is 22.8 Å². The number of halogens is 6. The third-order valence-electron chi connectivity index (χ3n) is 5.93. The minimum absolute atomic E-state index is 0. The molecule has 0 fully saturated rings. The standard InChI is InChI=1S/C25H20F6N4.Pt/c1-23(2,19-9-5-7-15(32-19)17-11-13-21(34(17)3)24(26,27)28)20-10-6-8-16(33-20)18-12-14-22(35(18)4)25(29,30)31;/h5-10,13-14H,1-4H3;/q-2;+2. The molecule has 4 heterocycles. The van der Waals surface area contributed by atoms with Crippen molar-refractivity contribution in [3.8, 4) is 22.8 Å². The molecular formula is C25H20F6N4Pt. The summed E-state index contributed by atoms with van der Waals surface area (Å²) in [6.45, 7) is 3.66. The van der Waals surface area contributed by atoms with Crippen molar-refractivity contribution in [3.63, 3.8) is 0 Å². The topological polar surface area (TPSA) is 35.6 Å². The molecule has 0 N–H and O–H groups in total. The number of hydrogen-bond donors (Lipinski definition) is 0. The summed E-state index contributed by atoms with van der Waals surface area (Å²) in [6.07, 6.45) is -9.05. The van der Waals surface area contributed by atoms with Gasteiger partial charge in [-0.2, -0.15) is 38.5 Å². The number of hydrogen-bond acceptors (Lipinski definition) is 2. The van der Waals surface area contributed by atoms with Gasteiger partial charge in [0.1, 0.15) is 0 Å². The number of aromatic nitrogens is 4. The van der Waals surface area contributed by atoms with E-state index in [1.165, 1.54) is 14.1 Å². The van der Waals surface area contributed by atoms with Crippen LogP contribution in [-0.2, 0) is 52.9 Å². The van der Waals surface area contributed by atoms with Gasteiger partial charge >= 0.3 is 33.4 Å². The summed E-state index contributed by atoms with van der Waals surface area (Å²) >= 11 is 0. The summed E-state index contributed by atoms with van der Waals surface area (Å²) < 4.78 is 81.2. The van der Waals surface area contributed by atoms with Gasteiger partial charge in [0.2, 0.25) is 0 Å². The summed E-state index contributed by atoms with van der Waals surface area (Å²) in [5.41, 5.74) is -0.502. The predicted octanol–water partition coefficient (Wildman–Crippen LogP) is 6.45. The minimum atomic E-state index is -4.52. The van der Waals surface area contributed by atoms with E-state index >= 15 is 0 Å². The molecule has 0 amide bonds. The number of alkyl halides is 6. The first kappa shape index (κ1) is 27.7. The zero-order valence-electron chi connectivity index (χ0n) is 19.5. The molecule has 36 heavy (non-hydrogen) atoms. The number of pyridine rings is 2. The molecule has 0 atom stereocenters. The van der Waals surface area contributed by atoms with E-state index in [1.807, 2.05) is 13.8 Å². The summed E-state index contributed by atoms with van der Waals surface area (Å²) in [6, 6.07) is 17.0. The monoisotopic (exact) mass is 685 g/mol. The van der Waals surface area contributed by atoms with Gasteiger partial charge in [0.25, 0.3) is 0 Å². The van der Waals surface area contributed by atoms with Crippen molar-refractivity contribution in [3.05, 3.63) is 83.4 Å². The first-order valence-corrected chi connectivity index (χ1v) is 10.5. The van der Waals surface area contributed by atoms with Gasteiger partial charge in [-0.15, -0.1) is 12.1 Å². The third kappa shape index (κ3) is 5.01. The average molecular weight is 686 g/mol. The Kier molecular flexibility index (Phi) is 7.34. The fraction of sp³-hybridized carbons (Fsp3) is 0.280. The van der Waals surface area contributed by atoms with Crippen LogP contribution in [0.2, 0.25) is 0 Å². The van der Waals surface area contributed by atoms with Gasteiger partial charge < -0.3 is 19.1 Å². The molecule has 0 radical (unpaired) electrons. The van der Waals surface area contributed by atoms with Gasteiger partial charge in [-0.05, 0) is 51.5 Å². The molecule has 192 valence electrons. The van der Waals surface area contributed by atoms with Crippen molar-refractivity contribution >= 4 is 0 Å². The quantitative estimate of drug-likeness (QED) is 0.183. The van der Waals surface area contributed by atoms with Crippen molar-refractivity contribution < 1.29 is 47.4 Å². The molecule has 0 saturated heterocycles. The first-order valence-electron chi connectivity index (χ1n) is 10.5. The van der Waals surface area contributed by atoms with E-state index in [-0.39, 0.29) is 32.5 Å². The average Bonchev–Trinajstić information content (AvgIpc) is 3.36. The molecule has 4 aromatic rings. The second kappa shape index (κ2) is 9.54. The van der Waals surface area contributed by atoms with Gasteiger partial charge in [0.15, 0.2) is 0 Å². The van der Waals surface area contributed by atoms with Crippen LogP contribution in [0, 0.1) is 12.1 Å². The molecule has 4 nitrogen and oxygen atoms in total. The Balaban J connectivity index is 0.00000361. The third-order valence-corrected chi connectivity index (χ3v) is 5.93. The zero-order chi connectivity index (χ0) is 25.8. The van der Waals surface area contributed by atoms with Crippen molar-refractivity contribution in [2.75, 3.05) is 0 Å². The summed E-state index contributed by atoms with van der Waals surface area (Å²) in [7, 11) is 2.59. The van der Waals surface area contributed by atoms with Crippen molar-refractivity contribution in [1.82, 2.24) is 19.1 Å². The van der Waals surface area contributed by atoms with Gasteiger partial charge in [-0.3, -0.25) is 0 Å². The van der Waals surface area contributed by atoms with Crippen LogP contribution < -0.4 is 0 Å². The molecule has 0 spiro atoms. The molecule has 0 bridgehead atoms. The Bertz CT molecular complexity index is 1280. The van der Waals surface area contributed by atoms with Crippen LogP contribution in [-0.4, -0.2) is 19.1 Å². The normalized spacial score (nSPS) is 12.5. The largest absolute Gasteiger partial charge is 2.00 e. The van der Waals surface area contributed by atoms with Crippen LogP contribution in [0.5, 0.6) is 0 Å². The van der Waals surface area contributed by atoms with E-state index in [0.29, 0.717) is 22.8 Å². The first-order chi connectivity index (χ1) is 16.2. The second-order valence-corrected chi connectivity index (χ2v) is 8.60. The Morgan fingerprint density at radius 3 is 1.33 bits per heavy atom. The predicted molar refractivity (Wildman–Crippen MR) is 117 cm³/mol. The summed E-state index contributed by atoms with van der Waals surface area (Å²) in [5, 5.41) is 0. The summed E-state index contributed by atoms with van der Waals surface area (Å²) in [5.74, 6) is 0. The van der Waals surface area contributed by atoms with Crippen molar-refractivity contribution in [2.24, 2.45) is 14.1 Å². The minimum Gasteiger partial charge on any atom is -0.412 e. The Labute approximate surface area is 218 Å². The molecule has 0 aliphatic heterocycles. The van der Waals surface area contributed by atoms with E-state index in [9.17, 15) is 26.3 Å². The van der Waals surface area contributed by atoms with Gasteiger partial charge in [0.05, 0.1) is 0 Å². The van der Waals surface area contributed by atoms with Crippen molar-refractivity contribution in [1.29, 1.82) is 0 Å². The van der Waals surface area contributed by atoms with Crippen LogP contribution in [0.4, 0.5) is 26.3 Å². The number of rotatable bonds is 4. The van der Waals surface area contributed by atoms with Crippen LogP contribution >= 0.6 is 0 Å². The number of nitrogens with zero attached hydrogens (tertiary/aromatic N) is 4. The summed E-state index contributed by atoms with van der Waals surface area (Å²) in [4.78, 5) is 9.16. The van der Waals surface area contributed by atoms with Gasteiger partial charge in [0, 0.05) is 28.2 Å². The maximum Gasteiger partial charge on any atom is 2.00 e. The second-order valence-electron chi connectivity index (χ2n) is 8.60. The van der Waals surface area contributed by atoms with E-state index in [2.05, 4.69) is 22.1 Å². The van der Waals surface area contributed by atoms with Crippen LogP contribution in [0.3, 0.4) is 0 Å². The smallest absolute Gasteiger partial charge is 0.412 e. The molecule has 0 unspecified atom stereocenters. The Morgan fingerprint density at radius 2 is 1.03 bits per heavy atom. The van der Waals surface area contributed by atoms with E-state index in [0.717, 1.165) is 21.3 Å². The molecule has 11 heteroatoms. The maximum absolute atomic E-state index is 13.2. The molecular weight excluding hydrogens is 665 g/mol. The van der Waals surface area contributed by atoms with Crippen LogP contribution in [0.15, 0.2) is 48.5 Å². The molecule has 0 aromatic carbocycles. The fourth-order valence-corrected chi connectivity index (χ4v) is 3.90. The molecule has 0 saturated carbocycles. The van der Waals surface area contributed by atoms with Crippen molar-refractivity contribution in [2.45, 2.75) is 31.6 Å². The molecule has 4 rings (SSSR count). The molecule has 0 aliphatic rings. The Morgan fingerprint density at radius 1 is 0.667 bits per heavy atom. The molecule has 0 aliphatic carbocycles. The SMILES string of the molecule is Cn1c(-c2cccc(C(C)(C)c3cccc(-c4[c-]cc(C(F)(F)F)n4C)n3)n2)[c-]cc1C(F)(F)F.[Pt+2]. The van der Waals surface area contributed by atoms with E-state index in [4.69, 9.17) is 0 Å². The maximum atomic E-state index is 13.2. The van der Waals surface area contributed by atoms with E-state index < -0.39 is 29.2 Å². The Hall–Kier alpha value is -2.87. The molecule has 4 aromatic heterocycles. The van der Waals surface area contributed by atoms with E-state index in [1.54, 1.807) is 36.4 Å². The zero-order valence-corrected chi connectivity index (χ0v) is 21.8. The van der Waals surface area contributed by atoms with Crippen LogP contribution in [0.1, 0.15) is 36.6 Å². The van der Waals surface area contributed by atoms with Gasteiger partial charge in [-0.25, -0.2) is 0 Å². The van der Waals surface area contributed by atoms with Gasteiger partial charge in [-0.1, -0.05) is 35.7 Å².